The van der Waals surface area contributed by atoms with E-state index in [1.807, 2.05) is 30.6 Å². The molecule has 0 saturated heterocycles. The summed E-state index contributed by atoms with van der Waals surface area (Å²) in [7, 11) is 0. The first-order valence-corrected chi connectivity index (χ1v) is 6.84. The number of nitrogens with zero attached hydrogens (tertiary/aromatic N) is 2. The summed E-state index contributed by atoms with van der Waals surface area (Å²) in [5.74, 6) is -0.907. The first-order chi connectivity index (χ1) is 9.63. The van der Waals surface area contributed by atoms with Crippen molar-refractivity contribution in [3.8, 4) is 0 Å². The lowest BCUT2D eigenvalue weighted by molar-refractivity contribution is 0.0697. The summed E-state index contributed by atoms with van der Waals surface area (Å²) < 4.78 is 3.02. The Balaban J connectivity index is 1.98. The molecule has 0 saturated carbocycles. The number of aromatic nitrogens is 2. The van der Waals surface area contributed by atoms with Gasteiger partial charge in [0.05, 0.1) is 5.56 Å². The van der Waals surface area contributed by atoms with Gasteiger partial charge < -0.3 is 9.67 Å². The molecule has 0 bridgehead atoms. The monoisotopic (exact) mass is 330 g/mol. The molecule has 2 heterocycles. The molecule has 5 heteroatoms. The SMILES string of the molecule is O=C(O)c1ccc2c(ccn2Cc2cncc(Br)c2)c1. The van der Waals surface area contributed by atoms with Crippen molar-refractivity contribution in [2.75, 3.05) is 0 Å². The second kappa shape index (κ2) is 5.09. The van der Waals surface area contributed by atoms with Gasteiger partial charge in [-0.15, -0.1) is 0 Å². The van der Waals surface area contributed by atoms with Crippen molar-refractivity contribution in [3.63, 3.8) is 0 Å². The van der Waals surface area contributed by atoms with E-state index in [2.05, 4.69) is 25.5 Å². The quantitative estimate of drug-likeness (QED) is 0.799. The molecule has 20 heavy (non-hydrogen) atoms. The minimum Gasteiger partial charge on any atom is -0.478 e. The Labute approximate surface area is 123 Å². The van der Waals surface area contributed by atoms with Gasteiger partial charge in [-0.25, -0.2) is 4.79 Å². The molecule has 4 nitrogen and oxygen atoms in total. The first-order valence-electron chi connectivity index (χ1n) is 6.05. The number of halogens is 1. The lowest BCUT2D eigenvalue weighted by Gasteiger charge is -2.06. The van der Waals surface area contributed by atoms with Crippen LogP contribution in [0.4, 0.5) is 0 Å². The van der Waals surface area contributed by atoms with Gasteiger partial charge in [0.2, 0.25) is 0 Å². The van der Waals surface area contributed by atoms with Crippen LogP contribution in [-0.2, 0) is 6.54 Å². The maximum atomic E-state index is 11.0. The Bertz CT molecular complexity index is 795. The normalized spacial score (nSPS) is 10.8. The van der Waals surface area contributed by atoms with Gasteiger partial charge >= 0.3 is 5.97 Å². The molecule has 3 aromatic rings. The van der Waals surface area contributed by atoms with Crippen LogP contribution in [0.1, 0.15) is 15.9 Å². The number of rotatable bonds is 3. The van der Waals surface area contributed by atoms with Crippen LogP contribution in [0.15, 0.2) is 53.4 Å². The number of carboxylic acid groups (broad SMARTS) is 1. The molecule has 0 amide bonds. The van der Waals surface area contributed by atoms with Gasteiger partial charge in [-0.05, 0) is 51.8 Å². The minimum absolute atomic E-state index is 0.305. The predicted molar refractivity (Wildman–Crippen MR) is 79.9 cm³/mol. The molecule has 2 aromatic heterocycles. The van der Waals surface area contributed by atoms with Crippen molar-refractivity contribution < 1.29 is 9.90 Å². The maximum Gasteiger partial charge on any atom is 0.335 e. The highest BCUT2D eigenvalue weighted by Gasteiger charge is 2.07. The van der Waals surface area contributed by atoms with Crippen molar-refractivity contribution in [1.82, 2.24) is 9.55 Å². The lowest BCUT2D eigenvalue weighted by Crippen LogP contribution is -1.99. The molecule has 1 aromatic carbocycles. The zero-order valence-electron chi connectivity index (χ0n) is 10.5. The summed E-state index contributed by atoms with van der Waals surface area (Å²) in [6.07, 6.45) is 5.52. The van der Waals surface area contributed by atoms with Gasteiger partial charge in [0, 0.05) is 40.5 Å². The van der Waals surface area contributed by atoms with Gasteiger partial charge in [-0.2, -0.15) is 0 Å². The Kier molecular flexibility index (Phi) is 3.28. The molecule has 0 fully saturated rings. The topological polar surface area (TPSA) is 55.1 Å². The number of aromatic carboxylic acids is 1. The Morgan fingerprint density at radius 1 is 1.25 bits per heavy atom. The third-order valence-corrected chi connectivity index (χ3v) is 3.57. The van der Waals surface area contributed by atoms with E-state index in [0.29, 0.717) is 12.1 Å². The highest BCUT2D eigenvalue weighted by molar-refractivity contribution is 9.10. The zero-order valence-corrected chi connectivity index (χ0v) is 12.0. The fourth-order valence-corrected chi connectivity index (χ4v) is 2.62. The van der Waals surface area contributed by atoms with Crippen molar-refractivity contribution in [3.05, 3.63) is 64.5 Å². The molecular weight excluding hydrogens is 320 g/mol. The first kappa shape index (κ1) is 12.9. The van der Waals surface area contributed by atoms with Crippen molar-refractivity contribution in [2.24, 2.45) is 0 Å². The van der Waals surface area contributed by atoms with Gasteiger partial charge in [0.25, 0.3) is 0 Å². The molecule has 0 atom stereocenters. The average Bonchev–Trinajstić information content (AvgIpc) is 2.81. The molecule has 1 N–H and O–H groups in total. The fraction of sp³-hybridized carbons (Fsp3) is 0.0667. The summed E-state index contributed by atoms with van der Waals surface area (Å²) >= 11 is 3.40. The third-order valence-electron chi connectivity index (χ3n) is 3.13. The molecule has 0 aliphatic carbocycles. The van der Waals surface area contributed by atoms with Gasteiger partial charge in [-0.1, -0.05) is 0 Å². The number of hydrogen-bond acceptors (Lipinski definition) is 2. The molecule has 0 unspecified atom stereocenters. The standard InChI is InChI=1S/C15H11BrN2O2/c16-13-5-10(7-17-8-13)9-18-4-3-11-6-12(15(19)20)1-2-14(11)18/h1-8H,9H2,(H,19,20). The minimum atomic E-state index is -0.907. The van der Waals surface area contributed by atoms with Gasteiger partial charge in [0.15, 0.2) is 0 Å². The number of pyridine rings is 1. The highest BCUT2D eigenvalue weighted by Crippen LogP contribution is 2.20. The van der Waals surface area contributed by atoms with E-state index in [0.717, 1.165) is 20.9 Å². The van der Waals surface area contributed by atoms with E-state index < -0.39 is 5.97 Å². The molecular formula is C15H11BrN2O2. The fourth-order valence-electron chi connectivity index (χ4n) is 2.21. The van der Waals surface area contributed by atoms with Gasteiger partial charge in [0.1, 0.15) is 0 Å². The average molecular weight is 331 g/mol. The van der Waals surface area contributed by atoms with Crippen LogP contribution < -0.4 is 0 Å². The van der Waals surface area contributed by atoms with E-state index in [1.165, 1.54) is 0 Å². The van der Waals surface area contributed by atoms with E-state index >= 15 is 0 Å². The van der Waals surface area contributed by atoms with Crippen LogP contribution in [0, 0.1) is 0 Å². The van der Waals surface area contributed by atoms with Crippen LogP contribution in [0.25, 0.3) is 10.9 Å². The molecule has 0 radical (unpaired) electrons. The van der Waals surface area contributed by atoms with E-state index in [-0.39, 0.29) is 0 Å². The molecule has 3 rings (SSSR count). The summed E-state index contributed by atoms with van der Waals surface area (Å²) in [6.45, 7) is 0.697. The zero-order chi connectivity index (χ0) is 14.1. The molecule has 0 spiro atoms. The summed E-state index contributed by atoms with van der Waals surface area (Å²) in [5.41, 5.74) is 2.40. The van der Waals surface area contributed by atoms with E-state index in [1.54, 1.807) is 18.3 Å². The molecule has 0 aliphatic rings. The van der Waals surface area contributed by atoms with Crippen LogP contribution in [0.2, 0.25) is 0 Å². The molecule has 0 aliphatic heterocycles. The number of carbonyl (C=O) groups is 1. The second-order valence-corrected chi connectivity index (χ2v) is 5.45. The summed E-state index contributed by atoms with van der Waals surface area (Å²) in [6, 6.07) is 9.09. The second-order valence-electron chi connectivity index (χ2n) is 4.53. The van der Waals surface area contributed by atoms with Gasteiger partial charge in [-0.3, -0.25) is 4.98 Å². The Morgan fingerprint density at radius 3 is 2.85 bits per heavy atom. The number of carboxylic acids is 1. The van der Waals surface area contributed by atoms with Crippen LogP contribution in [-0.4, -0.2) is 20.6 Å². The Morgan fingerprint density at radius 2 is 2.10 bits per heavy atom. The smallest absolute Gasteiger partial charge is 0.335 e. The lowest BCUT2D eigenvalue weighted by atomic mass is 10.1. The largest absolute Gasteiger partial charge is 0.478 e. The Hall–Kier alpha value is -2.14. The van der Waals surface area contributed by atoms with Crippen LogP contribution in [0.3, 0.4) is 0 Å². The third kappa shape index (κ3) is 2.44. The van der Waals surface area contributed by atoms with Crippen molar-refractivity contribution >= 4 is 32.8 Å². The van der Waals surface area contributed by atoms with Crippen molar-refractivity contribution in [1.29, 1.82) is 0 Å². The van der Waals surface area contributed by atoms with E-state index in [4.69, 9.17) is 5.11 Å². The number of benzene rings is 1. The summed E-state index contributed by atoms with van der Waals surface area (Å²) in [5, 5.41) is 9.92. The maximum absolute atomic E-state index is 11.0. The molecule has 100 valence electrons. The number of hydrogen-bond donors (Lipinski definition) is 1. The summed E-state index contributed by atoms with van der Waals surface area (Å²) in [4.78, 5) is 15.1. The number of fused-ring (bicyclic) bond motifs is 1. The van der Waals surface area contributed by atoms with Crippen molar-refractivity contribution in [2.45, 2.75) is 6.54 Å². The van der Waals surface area contributed by atoms with Crippen LogP contribution in [0.5, 0.6) is 0 Å². The predicted octanol–water partition coefficient (Wildman–Crippen LogP) is 3.55. The van der Waals surface area contributed by atoms with E-state index in [9.17, 15) is 4.79 Å². The highest BCUT2D eigenvalue weighted by atomic mass is 79.9. The van der Waals surface area contributed by atoms with Crippen LogP contribution >= 0.6 is 15.9 Å².